The van der Waals surface area contributed by atoms with Gasteiger partial charge in [-0.05, 0) is 59.4 Å². The molecule has 4 aromatic carbocycles. The van der Waals surface area contributed by atoms with Crippen molar-refractivity contribution in [3.63, 3.8) is 0 Å². The van der Waals surface area contributed by atoms with Crippen molar-refractivity contribution in [1.29, 1.82) is 0 Å². The number of halogens is 2. The molecule has 0 aromatic heterocycles. The summed E-state index contributed by atoms with van der Waals surface area (Å²) in [5, 5.41) is 12.0. The van der Waals surface area contributed by atoms with Gasteiger partial charge in [0.15, 0.2) is 0 Å². The third-order valence-corrected chi connectivity index (χ3v) is 6.61. The highest BCUT2D eigenvalue weighted by Gasteiger charge is 2.22. The number of amides is 2. The fourth-order valence-corrected chi connectivity index (χ4v) is 4.65. The minimum atomic E-state index is -1.00. The number of carboxylic acids is 1. The monoisotopic (exact) mass is 556 g/mol. The molecule has 0 aliphatic rings. The molecule has 0 saturated heterocycles. The van der Waals surface area contributed by atoms with Crippen molar-refractivity contribution >= 4 is 17.8 Å². The molecular formula is C33H30F2N2O4. The van der Waals surface area contributed by atoms with Crippen molar-refractivity contribution in [3.8, 4) is 11.1 Å². The molecule has 0 atom stereocenters. The number of rotatable bonds is 12. The Kier molecular flexibility index (Phi) is 9.94. The Morgan fingerprint density at radius 2 is 1.29 bits per heavy atom. The van der Waals surface area contributed by atoms with Gasteiger partial charge in [0, 0.05) is 36.8 Å². The van der Waals surface area contributed by atoms with E-state index >= 15 is 0 Å². The number of benzene rings is 4. The number of hydrogen-bond acceptors (Lipinski definition) is 3. The Balaban J connectivity index is 1.57. The van der Waals surface area contributed by atoms with Gasteiger partial charge in [0.25, 0.3) is 11.8 Å². The molecule has 0 aliphatic carbocycles. The van der Waals surface area contributed by atoms with Crippen LogP contribution in [0.15, 0.2) is 97.1 Å². The summed E-state index contributed by atoms with van der Waals surface area (Å²) in [7, 11) is 0. The van der Waals surface area contributed by atoms with Gasteiger partial charge in [-0.1, -0.05) is 66.7 Å². The van der Waals surface area contributed by atoms with E-state index in [1.54, 1.807) is 48.5 Å². The average Bonchev–Trinajstić information content (AvgIpc) is 2.97. The number of aryl methyl sites for hydroxylation is 1. The summed E-state index contributed by atoms with van der Waals surface area (Å²) >= 11 is 0. The largest absolute Gasteiger partial charge is 0.481 e. The number of carbonyl (C=O) groups excluding carboxylic acids is 2. The lowest BCUT2D eigenvalue weighted by Crippen LogP contribution is -2.34. The molecule has 6 nitrogen and oxygen atoms in total. The average molecular weight is 557 g/mol. The zero-order chi connectivity index (χ0) is 29.2. The van der Waals surface area contributed by atoms with E-state index in [1.165, 1.54) is 4.90 Å². The number of nitrogens with zero attached hydrogens (tertiary/aromatic N) is 1. The molecule has 4 rings (SSSR count). The van der Waals surface area contributed by atoms with Crippen LogP contribution in [0.25, 0.3) is 11.1 Å². The van der Waals surface area contributed by atoms with Crippen molar-refractivity contribution in [2.75, 3.05) is 13.1 Å². The van der Waals surface area contributed by atoms with Crippen molar-refractivity contribution in [1.82, 2.24) is 10.2 Å². The third-order valence-electron chi connectivity index (χ3n) is 6.61. The van der Waals surface area contributed by atoms with Gasteiger partial charge in [0.05, 0.1) is 6.42 Å². The highest BCUT2D eigenvalue weighted by Crippen LogP contribution is 2.28. The minimum absolute atomic E-state index is 0.0453. The summed E-state index contributed by atoms with van der Waals surface area (Å²) in [4.78, 5) is 39.9. The van der Waals surface area contributed by atoms with Crippen LogP contribution in [-0.2, 0) is 17.8 Å². The van der Waals surface area contributed by atoms with Crippen molar-refractivity contribution in [2.24, 2.45) is 0 Å². The van der Waals surface area contributed by atoms with E-state index in [0.717, 1.165) is 30.2 Å². The number of carbonyl (C=O) groups is 3. The second kappa shape index (κ2) is 14.0. The summed E-state index contributed by atoms with van der Waals surface area (Å²) in [6, 6.07) is 26.5. The summed E-state index contributed by atoms with van der Waals surface area (Å²) in [6.07, 6.45) is 1.19. The van der Waals surface area contributed by atoms with Crippen LogP contribution >= 0.6 is 0 Å². The van der Waals surface area contributed by atoms with Crippen molar-refractivity contribution in [2.45, 2.75) is 25.8 Å². The molecular weight excluding hydrogens is 526 g/mol. The molecule has 2 N–H and O–H groups in total. The van der Waals surface area contributed by atoms with Gasteiger partial charge in [-0.25, -0.2) is 8.78 Å². The Morgan fingerprint density at radius 1 is 0.707 bits per heavy atom. The molecule has 0 unspecified atom stereocenters. The fourth-order valence-electron chi connectivity index (χ4n) is 4.65. The van der Waals surface area contributed by atoms with Gasteiger partial charge in [0.1, 0.15) is 11.6 Å². The van der Waals surface area contributed by atoms with E-state index in [0.29, 0.717) is 29.7 Å². The highest BCUT2D eigenvalue weighted by atomic mass is 19.1. The maximum atomic E-state index is 13.8. The predicted octanol–water partition coefficient (Wildman–Crippen LogP) is 6.11. The van der Waals surface area contributed by atoms with E-state index in [2.05, 4.69) is 5.32 Å². The van der Waals surface area contributed by atoms with Gasteiger partial charge in [-0.15, -0.1) is 0 Å². The van der Waals surface area contributed by atoms with E-state index in [-0.39, 0.29) is 36.5 Å². The Morgan fingerprint density at radius 3 is 1.95 bits per heavy atom. The number of aliphatic carboxylic acids is 1. The number of nitrogens with one attached hydrogen (secondary N) is 1. The topological polar surface area (TPSA) is 86.7 Å². The van der Waals surface area contributed by atoms with Crippen LogP contribution < -0.4 is 5.32 Å². The number of carboxylic acid groups (broad SMARTS) is 1. The van der Waals surface area contributed by atoms with Gasteiger partial charge < -0.3 is 15.3 Å². The highest BCUT2D eigenvalue weighted by molar-refractivity contribution is 6.06. The Labute approximate surface area is 237 Å². The lowest BCUT2D eigenvalue weighted by Gasteiger charge is -2.24. The quantitative estimate of drug-likeness (QED) is 0.220. The van der Waals surface area contributed by atoms with Gasteiger partial charge in [-0.3, -0.25) is 14.4 Å². The van der Waals surface area contributed by atoms with Crippen LogP contribution in [0.2, 0.25) is 0 Å². The summed E-state index contributed by atoms with van der Waals surface area (Å²) in [6.45, 7) is 0.318. The van der Waals surface area contributed by atoms with Crippen LogP contribution in [0.4, 0.5) is 8.78 Å². The van der Waals surface area contributed by atoms with Crippen LogP contribution in [0, 0.1) is 11.6 Å². The Hall–Kier alpha value is -4.85. The molecule has 0 saturated carbocycles. The summed E-state index contributed by atoms with van der Waals surface area (Å²) in [5.74, 6) is -3.28. The molecule has 0 heterocycles. The number of hydrogen-bond donors (Lipinski definition) is 2. The Bertz CT molecular complexity index is 1500. The molecule has 210 valence electrons. The minimum Gasteiger partial charge on any atom is -0.481 e. The third kappa shape index (κ3) is 8.08. The summed E-state index contributed by atoms with van der Waals surface area (Å²) in [5.41, 5.74) is 3.04. The van der Waals surface area contributed by atoms with E-state index in [1.807, 2.05) is 30.3 Å². The molecule has 0 radical (unpaired) electrons. The lowest BCUT2D eigenvalue weighted by atomic mass is 9.94. The van der Waals surface area contributed by atoms with Gasteiger partial charge in [-0.2, -0.15) is 0 Å². The van der Waals surface area contributed by atoms with Crippen LogP contribution in [0.1, 0.15) is 44.7 Å². The molecule has 0 aliphatic heterocycles. The SMILES string of the molecule is O=C(O)CCN(CCCc1ccccc1)C(=O)c1ccccc1-c1ccccc1C(=O)NCc1cc(F)cc(F)c1. The predicted molar refractivity (Wildman–Crippen MR) is 152 cm³/mol. The molecule has 0 spiro atoms. The zero-order valence-electron chi connectivity index (χ0n) is 22.4. The lowest BCUT2D eigenvalue weighted by molar-refractivity contribution is -0.137. The first-order valence-electron chi connectivity index (χ1n) is 13.3. The van der Waals surface area contributed by atoms with E-state index < -0.39 is 23.5 Å². The second-order valence-corrected chi connectivity index (χ2v) is 9.58. The first kappa shape index (κ1) is 29.1. The normalized spacial score (nSPS) is 10.7. The standard InChI is InChI=1S/C33H30F2N2O4/c34-25-19-24(20-26(35)21-25)22-36-32(40)29-14-6-4-12-27(29)28-13-5-7-15-30(28)33(41)37(18-16-31(38)39)17-8-11-23-9-2-1-3-10-23/h1-7,9-10,12-15,19-21H,8,11,16-18,22H2,(H,36,40)(H,38,39). The maximum Gasteiger partial charge on any atom is 0.305 e. The first-order valence-corrected chi connectivity index (χ1v) is 13.3. The van der Waals surface area contributed by atoms with Crippen LogP contribution in [0.3, 0.4) is 0 Å². The van der Waals surface area contributed by atoms with Crippen LogP contribution in [-0.4, -0.2) is 40.9 Å². The zero-order valence-corrected chi connectivity index (χ0v) is 22.4. The maximum absolute atomic E-state index is 13.8. The van der Waals surface area contributed by atoms with Gasteiger partial charge >= 0.3 is 5.97 Å². The second-order valence-electron chi connectivity index (χ2n) is 9.58. The van der Waals surface area contributed by atoms with E-state index in [4.69, 9.17) is 0 Å². The van der Waals surface area contributed by atoms with Crippen LogP contribution in [0.5, 0.6) is 0 Å². The van der Waals surface area contributed by atoms with E-state index in [9.17, 15) is 28.3 Å². The smallest absolute Gasteiger partial charge is 0.305 e. The molecule has 0 bridgehead atoms. The molecule has 8 heteroatoms. The summed E-state index contributed by atoms with van der Waals surface area (Å²) < 4.78 is 27.2. The fraction of sp³-hybridized carbons (Fsp3) is 0.182. The van der Waals surface area contributed by atoms with Crippen molar-refractivity contribution < 1.29 is 28.3 Å². The molecule has 4 aromatic rings. The molecule has 0 fully saturated rings. The first-order chi connectivity index (χ1) is 19.8. The molecule has 41 heavy (non-hydrogen) atoms. The van der Waals surface area contributed by atoms with Crippen molar-refractivity contribution in [3.05, 3.63) is 131 Å². The molecule has 2 amide bonds. The van der Waals surface area contributed by atoms with Gasteiger partial charge in [0.2, 0.25) is 0 Å².